The molecule has 0 aliphatic carbocycles. The van der Waals surface area contributed by atoms with Crippen LogP contribution in [0.25, 0.3) is 0 Å². The minimum absolute atomic E-state index is 0.628. The molecule has 0 bridgehead atoms. The molecule has 1 saturated heterocycles. The fourth-order valence-electron chi connectivity index (χ4n) is 2.34. The molecule has 1 aliphatic rings. The summed E-state index contributed by atoms with van der Waals surface area (Å²) in [7, 11) is 0. The minimum Gasteiger partial charge on any atom is -0.329 e. The van der Waals surface area contributed by atoms with Gasteiger partial charge in [-0.1, -0.05) is 20.8 Å². The molecule has 1 unspecified atom stereocenters. The van der Waals surface area contributed by atoms with Gasteiger partial charge in [-0.3, -0.25) is 4.90 Å². The van der Waals surface area contributed by atoms with Crippen LogP contribution in [0.3, 0.4) is 0 Å². The molecule has 1 rings (SSSR count). The van der Waals surface area contributed by atoms with Gasteiger partial charge in [0.1, 0.15) is 0 Å². The van der Waals surface area contributed by atoms with Gasteiger partial charge in [0.25, 0.3) is 0 Å². The van der Waals surface area contributed by atoms with E-state index in [4.69, 9.17) is 5.73 Å². The summed E-state index contributed by atoms with van der Waals surface area (Å²) in [5.41, 5.74) is 6.35. The Kier molecular flexibility index (Phi) is 3.74. The lowest BCUT2D eigenvalue weighted by Crippen LogP contribution is -2.60. The van der Waals surface area contributed by atoms with Gasteiger partial charge < -0.3 is 5.73 Å². The molecular weight excluding hydrogens is 160 g/mol. The smallest absolute Gasteiger partial charge is 0.0216 e. The largest absolute Gasteiger partial charge is 0.329 e. The van der Waals surface area contributed by atoms with Crippen molar-refractivity contribution in [2.75, 3.05) is 19.6 Å². The van der Waals surface area contributed by atoms with Crippen LogP contribution in [0.1, 0.15) is 40.0 Å². The third-order valence-electron chi connectivity index (χ3n) is 3.84. The Morgan fingerprint density at radius 2 is 1.77 bits per heavy atom. The maximum absolute atomic E-state index is 5.72. The van der Waals surface area contributed by atoms with E-state index in [2.05, 4.69) is 25.7 Å². The van der Waals surface area contributed by atoms with Crippen molar-refractivity contribution in [1.29, 1.82) is 0 Å². The molecule has 0 spiro atoms. The second-order valence-corrected chi connectivity index (χ2v) is 4.41. The first-order chi connectivity index (χ1) is 6.21. The molecule has 1 aliphatic heterocycles. The predicted octanol–water partition coefficient (Wildman–Crippen LogP) is 1.85. The lowest BCUT2D eigenvalue weighted by Gasteiger charge is -2.53. The van der Waals surface area contributed by atoms with Crippen LogP contribution >= 0.6 is 0 Å². The monoisotopic (exact) mass is 184 g/mol. The highest BCUT2D eigenvalue weighted by Crippen LogP contribution is 2.38. The second kappa shape index (κ2) is 4.43. The summed E-state index contributed by atoms with van der Waals surface area (Å²) in [6.45, 7) is 10.2. The SMILES string of the molecule is CCC(CN)N1CC(CC)(CC)C1. The van der Waals surface area contributed by atoms with Gasteiger partial charge in [-0.25, -0.2) is 0 Å². The highest BCUT2D eigenvalue weighted by molar-refractivity contribution is 4.95. The van der Waals surface area contributed by atoms with Gasteiger partial charge in [-0.05, 0) is 24.7 Å². The Labute approximate surface area is 82.5 Å². The van der Waals surface area contributed by atoms with E-state index < -0.39 is 0 Å². The molecule has 1 heterocycles. The lowest BCUT2D eigenvalue weighted by molar-refractivity contribution is -0.0353. The van der Waals surface area contributed by atoms with Gasteiger partial charge in [0.15, 0.2) is 0 Å². The number of likely N-dealkylation sites (tertiary alicyclic amines) is 1. The van der Waals surface area contributed by atoms with Gasteiger partial charge in [0, 0.05) is 25.7 Å². The average Bonchev–Trinajstić information content (AvgIpc) is 2.11. The second-order valence-electron chi connectivity index (χ2n) is 4.41. The van der Waals surface area contributed by atoms with Gasteiger partial charge >= 0.3 is 0 Å². The summed E-state index contributed by atoms with van der Waals surface area (Å²) in [6, 6.07) is 0.631. The molecule has 2 N–H and O–H groups in total. The molecule has 0 aromatic rings. The van der Waals surface area contributed by atoms with Crippen LogP contribution in [0.5, 0.6) is 0 Å². The summed E-state index contributed by atoms with van der Waals surface area (Å²) in [5, 5.41) is 0. The first kappa shape index (κ1) is 11.0. The minimum atomic E-state index is 0.628. The maximum atomic E-state index is 5.72. The average molecular weight is 184 g/mol. The molecule has 0 aromatic carbocycles. The van der Waals surface area contributed by atoms with Gasteiger partial charge in [0.05, 0.1) is 0 Å². The topological polar surface area (TPSA) is 29.3 Å². The van der Waals surface area contributed by atoms with Crippen molar-refractivity contribution in [3.05, 3.63) is 0 Å². The number of nitrogens with two attached hydrogens (primary N) is 1. The molecule has 13 heavy (non-hydrogen) atoms. The van der Waals surface area contributed by atoms with Gasteiger partial charge in [-0.15, -0.1) is 0 Å². The first-order valence-corrected chi connectivity index (χ1v) is 5.65. The van der Waals surface area contributed by atoms with E-state index >= 15 is 0 Å². The fourth-order valence-corrected chi connectivity index (χ4v) is 2.34. The zero-order chi connectivity index (χ0) is 9.90. The molecule has 0 saturated carbocycles. The number of nitrogens with zero attached hydrogens (tertiary/aromatic N) is 1. The Morgan fingerprint density at radius 1 is 1.23 bits per heavy atom. The summed E-state index contributed by atoms with van der Waals surface area (Å²) in [4.78, 5) is 2.55. The molecule has 1 fully saturated rings. The van der Waals surface area contributed by atoms with Crippen LogP contribution in [0.15, 0.2) is 0 Å². The van der Waals surface area contributed by atoms with E-state index in [1.54, 1.807) is 0 Å². The van der Waals surface area contributed by atoms with Crippen LogP contribution in [0.2, 0.25) is 0 Å². The molecular formula is C11H24N2. The highest BCUT2D eigenvalue weighted by Gasteiger charge is 2.41. The Bertz CT molecular complexity index is 140. The van der Waals surface area contributed by atoms with Gasteiger partial charge in [-0.2, -0.15) is 0 Å². The molecule has 0 aromatic heterocycles. The number of hydrogen-bond acceptors (Lipinski definition) is 2. The summed E-state index contributed by atoms with van der Waals surface area (Å²) >= 11 is 0. The zero-order valence-electron chi connectivity index (χ0n) is 9.34. The first-order valence-electron chi connectivity index (χ1n) is 5.65. The molecule has 2 heteroatoms. The van der Waals surface area contributed by atoms with Crippen LogP contribution < -0.4 is 5.73 Å². The Hall–Kier alpha value is -0.0800. The zero-order valence-corrected chi connectivity index (χ0v) is 9.34. The highest BCUT2D eigenvalue weighted by atomic mass is 15.2. The standard InChI is InChI=1S/C11H24N2/c1-4-10(7-12)13-8-11(5-2,6-3)9-13/h10H,4-9,12H2,1-3H3. The van der Waals surface area contributed by atoms with E-state index in [9.17, 15) is 0 Å². The molecule has 78 valence electrons. The predicted molar refractivity (Wildman–Crippen MR) is 57.7 cm³/mol. The molecule has 2 nitrogen and oxygen atoms in total. The summed E-state index contributed by atoms with van der Waals surface area (Å²) < 4.78 is 0. The van der Waals surface area contributed by atoms with E-state index in [-0.39, 0.29) is 0 Å². The van der Waals surface area contributed by atoms with Crippen molar-refractivity contribution in [2.24, 2.45) is 11.1 Å². The molecule has 0 radical (unpaired) electrons. The number of rotatable bonds is 5. The van der Waals surface area contributed by atoms with E-state index in [1.807, 2.05) is 0 Å². The van der Waals surface area contributed by atoms with Crippen molar-refractivity contribution in [3.63, 3.8) is 0 Å². The Balaban J connectivity index is 2.38. The summed E-state index contributed by atoms with van der Waals surface area (Å²) in [6.07, 6.45) is 3.84. The molecule has 1 atom stereocenters. The maximum Gasteiger partial charge on any atom is 0.0216 e. The van der Waals surface area contributed by atoms with Crippen molar-refractivity contribution >= 4 is 0 Å². The molecule has 0 amide bonds. The van der Waals surface area contributed by atoms with Gasteiger partial charge in [0.2, 0.25) is 0 Å². The Morgan fingerprint density at radius 3 is 2.08 bits per heavy atom. The van der Waals surface area contributed by atoms with Crippen LogP contribution in [0.4, 0.5) is 0 Å². The van der Waals surface area contributed by atoms with Crippen molar-refractivity contribution in [1.82, 2.24) is 4.90 Å². The van der Waals surface area contributed by atoms with Crippen LogP contribution in [-0.4, -0.2) is 30.6 Å². The van der Waals surface area contributed by atoms with E-state index in [0.29, 0.717) is 11.5 Å². The van der Waals surface area contributed by atoms with Crippen LogP contribution in [0, 0.1) is 5.41 Å². The van der Waals surface area contributed by atoms with Crippen molar-refractivity contribution in [2.45, 2.75) is 46.1 Å². The van der Waals surface area contributed by atoms with E-state index in [1.165, 1.54) is 32.4 Å². The summed E-state index contributed by atoms with van der Waals surface area (Å²) in [5.74, 6) is 0. The quantitative estimate of drug-likeness (QED) is 0.706. The number of hydrogen-bond donors (Lipinski definition) is 1. The lowest BCUT2D eigenvalue weighted by atomic mass is 9.74. The third kappa shape index (κ3) is 2.05. The van der Waals surface area contributed by atoms with Crippen molar-refractivity contribution in [3.8, 4) is 0 Å². The van der Waals surface area contributed by atoms with E-state index in [0.717, 1.165) is 6.54 Å². The normalized spacial score (nSPS) is 24.0. The third-order valence-corrected chi connectivity index (χ3v) is 3.84. The van der Waals surface area contributed by atoms with Crippen LogP contribution in [-0.2, 0) is 0 Å². The van der Waals surface area contributed by atoms with Crippen molar-refractivity contribution < 1.29 is 0 Å². The fraction of sp³-hybridized carbons (Fsp3) is 1.00.